The standard InChI is InChI=1S/C18H19N3O3/c1-4-24-18-19-17(13-5-9-15(22-2)10-6-13)21(20-18)14-7-11-16(23-3)12-8-14/h5-12H,4H2,1-3H3. The fourth-order valence-corrected chi connectivity index (χ4v) is 2.31. The van der Waals surface area contributed by atoms with Crippen LogP contribution in [0.2, 0.25) is 0 Å². The predicted octanol–water partition coefficient (Wildman–Crippen LogP) is 3.35. The van der Waals surface area contributed by atoms with E-state index in [0.29, 0.717) is 18.4 Å². The number of nitrogens with zero attached hydrogens (tertiary/aromatic N) is 3. The zero-order valence-corrected chi connectivity index (χ0v) is 13.9. The molecule has 0 unspecified atom stereocenters. The normalized spacial score (nSPS) is 10.5. The third-order valence-electron chi connectivity index (χ3n) is 3.53. The third kappa shape index (κ3) is 3.17. The van der Waals surface area contributed by atoms with Crippen LogP contribution in [0.1, 0.15) is 6.92 Å². The molecule has 0 saturated carbocycles. The minimum Gasteiger partial charge on any atom is -0.497 e. The van der Waals surface area contributed by atoms with Gasteiger partial charge in [-0.25, -0.2) is 4.68 Å². The van der Waals surface area contributed by atoms with Gasteiger partial charge in [-0.2, -0.15) is 4.98 Å². The molecule has 6 heteroatoms. The van der Waals surface area contributed by atoms with Crippen LogP contribution < -0.4 is 14.2 Å². The predicted molar refractivity (Wildman–Crippen MR) is 91.1 cm³/mol. The number of hydrogen-bond acceptors (Lipinski definition) is 5. The first-order valence-corrected chi connectivity index (χ1v) is 7.64. The van der Waals surface area contributed by atoms with Crippen molar-refractivity contribution in [3.8, 4) is 34.6 Å². The molecule has 6 nitrogen and oxygen atoms in total. The molecule has 0 spiro atoms. The Hall–Kier alpha value is -3.02. The second kappa shape index (κ2) is 7.04. The molecule has 3 rings (SSSR count). The number of benzene rings is 2. The molecule has 24 heavy (non-hydrogen) atoms. The minimum atomic E-state index is 0.346. The highest BCUT2D eigenvalue weighted by molar-refractivity contribution is 5.59. The zero-order chi connectivity index (χ0) is 16.9. The maximum absolute atomic E-state index is 5.47. The molecular formula is C18H19N3O3. The molecule has 1 heterocycles. The van der Waals surface area contributed by atoms with Gasteiger partial charge in [-0.3, -0.25) is 0 Å². The van der Waals surface area contributed by atoms with E-state index in [1.165, 1.54) is 0 Å². The van der Waals surface area contributed by atoms with Gasteiger partial charge in [0.1, 0.15) is 11.5 Å². The van der Waals surface area contributed by atoms with Crippen molar-refractivity contribution in [2.45, 2.75) is 6.92 Å². The van der Waals surface area contributed by atoms with Gasteiger partial charge in [0.2, 0.25) is 0 Å². The number of aromatic nitrogens is 3. The lowest BCUT2D eigenvalue weighted by Gasteiger charge is -2.07. The first-order chi connectivity index (χ1) is 11.7. The second-order valence-corrected chi connectivity index (χ2v) is 4.99. The molecule has 0 aliphatic carbocycles. The van der Waals surface area contributed by atoms with Crippen molar-refractivity contribution in [3.05, 3.63) is 48.5 Å². The second-order valence-electron chi connectivity index (χ2n) is 4.99. The summed E-state index contributed by atoms with van der Waals surface area (Å²) >= 11 is 0. The van der Waals surface area contributed by atoms with Gasteiger partial charge in [0.15, 0.2) is 5.82 Å². The molecule has 0 aliphatic rings. The number of methoxy groups -OCH3 is 2. The largest absolute Gasteiger partial charge is 0.497 e. The number of ether oxygens (including phenoxy) is 3. The van der Waals surface area contributed by atoms with Gasteiger partial charge < -0.3 is 14.2 Å². The lowest BCUT2D eigenvalue weighted by Crippen LogP contribution is -2.00. The first-order valence-electron chi connectivity index (χ1n) is 7.64. The highest BCUT2D eigenvalue weighted by Gasteiger charge is 2.14. The van der Waals surface area contributed by atoms with E-state index in [0.717, 1.165) is 22.7 Å². The highest BCUT2D eigenvalue weighted by Crippen LogP contribution is 2.26. The van der Waals surface area contributed by atoms with E-state index < -0.39 is 0 Å². The smallest absolute Gasteiger partial charge is 0.336 e. The number of hydrogen-bond donors (Lipinski definition) is 0. The molecule has 0 N–H and O–H groups in total. The van der Waals surface area contributed by atoms with E-state index in [-0.39, 0.29) is 0 Å². The average molecular weight is 325 g/mol. The fraction of sp³-hybridized carbons (Fsp3) is 0.222. The monoisotopic (exact) mass is 325 g/mol. The van der Waals surface area contributed by atoms with E-state index in [2.05, 4.69) is 10.1 Å². The van der Waals surface area contributed by atoms with Crippen LogP contribution in [0.15, 0.2) is 48.5 Å². The van der Waals surface area contributed by atoms with E-state index in [1.807, 2.05) is 55.5 Å². The quantitative estimate of drug-likeness (QED) is 0.695. The van der Waals surface area contributed by atoms with Crippen LogP contribution in [0, 0.1) is 0 Å². The van der Waals surface area contributed by atoms with E-state index in [4.69, 9.17) is 14.2 Å². The van der Waals surface area contributed by atoms with Gasteiger partial charge in [-0.15, -0.1) is 5.10 Å². The summed E-state index contributed by atoms with van der Waals surface area (Å²) in [5, 5.41) is 4.46. The summed E-state index contributed by atoms with van der Waals surface area (Å²) in [6, 6.07) is 15.6. The van der Waals surface area contributed by atoms with Crippen LogP contribution in [0.3, 0.4) is 0 Å². The Bertz CT molecular complexity index is 730. The Morgan fingerprint density at radius 2 is 1.46 bits per heavy atom. The molecule has 0 radical (unpaired) electrons. The Morgan fingerprint density at radius 3 is 2.00 bits per heavy atom. The summed E-state index contributed by atoms with van der Waals surface area (Å²) in [7, 11) is 3.28. The Morgan fingerprint density at radius 1 is 0.875 bits per heavy atom. The molecule has 1 aromatic heterocycles. The molecule has 124 valence electrons. The molecule has 3 aromatic rings. The van der Waals surface area contributed by atoms with Crippen LogP contribution in [0.4, 0.5) is 0 Å². The molecule has 0 fully saturated rings. The van der Waals surface area contributed by atoms with Crippen LogP contribution in [-0.2, 0) is 0 Å². The van der Waals surface area contributed by atoms with Crippen LogP contribution in [0.25, 0.3) is 17.1 Å². The summed E-state index contributed by atoms with van der Waals surface area (Å²) in [4.78, 5) is 4.50. The lowest BCUT2D eigenvalue weighted by molar-refractivity contribution is 0.312. The highest BCUT2D eigenvalue weighted by atomic mass is 16.5. The minimum absolute atomic E-state index is 0.346. The van der Waals surface area contributed by atoms with Crippen LogP contribution >= 0.6 is 0 Å². The molecule has 0 bridgehead atoms. The lowest BCUT2D eigenvalue weighted by atomic mass is 10.2. The van der Waals surface area contributed by atoms with Crippen molar-refractivity contribution in [1.29, 1.82) is 0 Å². The van der Waals surface area contributed by atoms with Gasteiger partial charge in [0, 0.05) is 5.56 Å². The van der Waals surface area contributed by atoms with Gasteiger partial charge in [0.25, 0.3) is 0 Å². The maximum atomic E-state index is 5.47. The van der Waals surface area contributed by atoms with Crippen molar-refractivity contribution in [2.24, 2.45) is 0 Å². The zero-order valence-electron chi connectivity index (χ0n) is 13.9. The molecule has 0 amide bonds. The van der Waals surface area contributed by atoms with Gasteiger partial charge in [0.05, 0.1) is 26.5 Å². The molecular weight excluding hydrogens is 306 g/mol. The maximum Gasteiger partial charge on any atom is 0.336 e. The molecule has 0 atom stereocenters. The van der Waals surface area contributed by atoms with Crippen LogP contribution in [0.5, 0.6) is 17.5 Å². The Labute approximate surface area is 140 Å². The van der Waals surface area contributed by atoms with E-state index >= 15 is 0 Å². The fourth-order valence-electron chi connectivity index (χ4n) is 2.31. The van der Waals surface area contributed by atoms with Gasteiger partial charge in [-0.1, -0.05) is 0 Å². The summed E-state index contributed by atoms with van der Waals surface area (Å²) in [5.41, 5.74) is 1.80. The summed E-state index contributed by atoms with van der Waals surface area (Å²) < 4.78 is 17.6. The molecule has 0 saturated heterocycles. The van der Waals surface area contributed by atoms with E-state index in [1.54, 1.807) is 18.9 Å². The summed E-state index contributed by atoms with van der Waals surface area (Å²) in [5.74, 6) is 2.28. The summed E-state index contributed by atoms with van der Waals surface area (Å²) in [6.45, 7) is 2.41. The third-order valence-corrected chi connectivity index (χ3v) is 3.53. The van der Waals surface area contributed by atoms with Crippen molar-refractivity contribution in [1.82, 2.24) is 14.8 Å². The van der Waals surface area contributed by atoms with Crippen molar-refractivity contribution < 1.29 is 14.2 Å². The van der Waals surface area contributed by atoms with Crippen LogP contribution in [-0.4, -0.2) is 35.6 Å². The molecule has 0 aliphatic heterocycles. The van der Waals surface area contributed by atoms with Crippen molar-refractivity contribution in [2.75, 3.05) is 20.8 Å². The van der Waals surface area contributed by atoms with Crippen molar-refractivity contribution in [3.63, 3.8) is 0 Å². The SMILES string of the molecule is CCOc1nc(-c2ccc(OC)cc2)n(-c2ccc(OC)cc2)n1. The Balaban J connectivity index is 2.05. The molecule has 2 aromatic carbocycles. The van der Waals surface area contributed by atoms with E-state index in [9.17, 15) is 0 Å². The van der Waals surface area contributed by atoms with Gasteiger partial charge in [-0.05, 0) is 55.5 Å². The van der Waals surface area contributed by atoms with Crippen molar-refractivity contribution >= 4 is 0 Å². The topological polar surface area (TPSA) is 58.4 Å². The Kier molecular flexibility index (Phi) is 4.65. The average Bonchev–Trinajstić information content (AvgIpc) is 3.06. The van der Waals surface area contributed by atoms with Gasteiger partial charge >= 0.3 is 6.01 Å². The summed E-state index contributed by atoms with van der Waals surface area (Å²) in [6.07, 6.45) is 0. The number of rotatable bonds is 6. The first kappa shape index (κ1) is 15.9.